The molecule has 28 heavy (non-hydrogen) atoms. The van der Waals surface area contributed by atoms with Crippen LogP contribution in [0.15, 0.2) is 53.6 Å². The molecule has 1 aliphatic rings. The smallest absolute Gasteiger partial charge is 0.354 e. The van der Waals surface area contributed by atoms with Crippen molar-refractivity contribution >= 4 is 40.9 Å². The van der Waals surface area contributed by atoms with Crippen LogP contribution in [0.5, 0.6) is 0 Å². The van der Waals surface area contributed by atoms with Crippen molar-refractivity contribution in [2.75, 3.05) is 0 Å². The summed E-state index contributed by atoms with van der Waals surface area (Å²) in [6.45, 7) is 1.66. The molecule has 0 radical (unpaired) electrons. The van der Waals surface area contributed by atoms with Gasteiger partial charge in [-0.1, -0.05) is 59.6 Å². The number of ether oxygens (including phenoxy) is 2. The quantitative estimate of drug-likeness (QED) is 0.717. The Morgan fingerprint density at radius 3 is 2.11 bits per heavy atom. The molecule has 6 nitrogen and oxygen atoms in total. The van der Waals surface area contributed by atoms with E-state index < -0.39 is 17.5 Å². The van der Waals surface area contributed by atoms with E-state index >= 15 is 0 Å². The highest BCUT2D eigenvalue weighted by Gasteiger charge is 2.42. The molecular formula is C20H18Cl2N2O4. The van der Waals surface area contributed by atoms with E-state index in [1.165, 1.54) is 0 Å². The fraction of sp³-hybridized carbons (Fsp3) is 0.250. The molecule has 0 aromatic heterocycles. The normalized spacial score (nSPS) is 18.2. The zero-order valence-corrected chi connectivity index (χ0v) is 16.6. The molecule has 0 saturated heterocycles. The SMILES string of the molecule is CC1(C(=O)OCc2ccccc2Cl)CC(C(=O)OCc2ccccc2Cl)=NN1. The molecule has 0 aliphatic carbocycles. The molecule has 1 N–H and O–H groups in total. The van der Waals surface area contributed by atoms with Gasteiger partial charge in [0.15, 0.2) is 5.54 Å². The van der Waals surface area contributed by atoms with Gasteiger partial charge >= 0.3 is 11.9 Å². The zero-order chi connectivity index (χ0) is 20.1. The van der Waals surface area contributed by atoms with Crippen LogP contribution in [0.4, 0.5) is 0 Å². The van der Waals surface area contributed by atoms with Gasteiger partial charge in [0.2, 0.25) is 0 Å². The largest absolute Gasteiger partial charge is 0.459 e. The molecule has 0 bridgehead atoms. The van der Waals surface area contributed by atoms with E-state index in [4.69, 9.17) is 32.7 Å². The van der Waals surface area contributed by atoms with Crippen LogP contribution in [0.25, 0.3) is 0 Å². The Labute approximate surface area is 172 Å². The van der Waals surface area contributed by atoms with Crippen LogP contribution in [-0.2, 0) is 32.3 Å². The summed E-state index contributed by atoms with van der Waals surface area (Å²) in [5.41, 5.74) is 3.02. The van der Waals surface area contributed by atoms with Gasteiger partial charge in [-0.15, -0.1) is 0 Å². The lowest BCUT2D eigenvalue weighted by Gasteiger charge is -2.21. The molecule has 8 heteroatoms. The van der Waals surface area contributed by atoms with E-state index in [2.05, 4.69) is 10.5 Å². The molecule has 3 rings (SSSR count). The summed E-state index contributed by atoms with van der Waals surface area (Å²) >= 11 is 12.1. The Bertz CT molecular complexity index is 932. The topological polar surface area (TPSA) is 77.0 Å². The Morgan fingerprint density at radius 2 is 1.54 bits per heavy atom. The first-order valence-corrected chi connectivity index (χ1v) is 9.29. The molecule has 0 spiro atoms. The molecule has 2 aromatic rings. The number of benzene rings is 2. The van der Waals surface area contributed by atoms with Crippen molar-refractivity contribution < 1.29 is 19.1 Å². The van der Waals surface area contributed by atoms with Gasteiger partial charge in [0, 0.05) is 27.6 Å². The fourth-order valence-corrected chi connectivity index (χ4v) is 2.98. The monoisotopic (exact) mass is 420 g/mol. The summed E-state index contributed by atoms with van der Waals surface area (Å²) in [5.74, 6) is -1.15. The lowest BCUT2D eigenvalue weighted by Crippen LogP contribution is -2.45. The summed E-state index contributed by atoms with van der Waals surface area (Å²) in [6, 6.07) is 14.2. The molecule has 1 atom stereocenters. The average Bonchev–Trinajstić information content (AvgIpc) is 3.10. The molecular weight excluding hydrogens is 403 g/mol. The summed E-state index contributed by atoms with van der Waals surface area (Å²) in [7, 11) is 0. The minimum Gasteiger partial charge on any atom is -0.459 e. The molecule has 0 amide bonds. The van der Waals surface area contributed by atoms with Gasteiger partial charge in [0.05, 0.1) is 0 Å². The number of halogens is 2. The fourth-order valence-electron chi connectivity index (χ4n) is 2.60. The van der Waals surface area contributed by atoms with Crippen LogP contribution in [0.2, 0.25) is 10.0 Å². The maximum Gasteiger partial charge on any atom is 0.354 e. The third-order valence-electron chi connectivity index (χ3n) is 4.28. The number of hydrazone groups is 1. The van der Waals surface area contributed by atoms with Gasteiger partial charge in [0.1, 0.15) is 18.9 Å². The van der Waals surface area contributed by atoms with Crippen molar-refractivity contribution in [1.29, 1.82) is 0 Å². The first-order valence-electron chi connectivity index (χ1n) is 8.54. The number of carbonyl (C=O) groups excluding carboxylic acids is 2. The summed E-state index contributed by atoms with van der Waals surface area (Å²) < 4.78 is 10.6. The highest BCUT2D eigenvalue weighted by atomic mass is 35.5. The molecule has 0 fully saturated rings. The lowest BCUT2D eigenvalue weighted by atomic mass is 9.97. The number of carbonyl (C=O) groups is 2. The molecule has 1 aliphatic heterocycles. The lowest BCUT2D eigenvalue weighted by molar-refractivity contribution is -0.151. The summed E-state index contributed by atoms with van der Waals surface area (Å²) in [6.07, 6.45) is 0.0513. The number of hydrogen-bond acceptors (Lipinski definition) is 6. The van der Waals surface area contributed by atoms with Gasteiger partial charge in [-0.05, 0) is 19.1 Å². The van der Waals surface area contributed by atoms with E-state index in [1.54, 1.807) is 55.5 Å². The maximum absolute atomic E-state index is 12.5. The van der Waals surface area contributed by atoms with Gasteiger partial charge in [-0.3, -0.25) is 5.43 Å². The van der Waals surface area contributed by atoms with Crippen molar-refractivity contribution in [2.45, 2.75) is 32.1 Å². The number of nitrogens with zero attached hydrogens (tertiary/aromatic N) is 1. The minimum atomic E-state index is -1.15. The zero-order valence-electron chi connectivity index (χ0n) is 15.1. The summed E-state index contributed by atoms with van der Waals surface area (Å²) in [4.78, 5) is 24.7. The number of rotatable bonds is 6. The van der Waals surface area contributed by atoms with E-state index in [0.717, 1.165) is 0 Å². The van der Waals surface area contributed by atoms with Gasteiger partial charge in [-0.2, -0.15) is 5.10 Å². The predicted octanol–water partition coefficient (Wildman–Crippen LogP) is 3.89. The van der Waals surface area contributed by atoms with E-state index in [9.17, 15) is 9.59 Å². The number of esters is 2. The first-order chi connectivity index (χ1) is 13.4. The predicted molar refractivity (Wildman–Crippen MR) is 106 cm³/mol. The van der Waals surface area contributed by atoms with Crippen molar-refractivity contribution in [3.05, 3.63) is 69.7 Å². The van der Waals surface area contributed by atoms with Crippen LogP contribution in [-0.4, -0.2) is 23.2 Å². The van der Waals surface area contributed by atoms with E-state index in [1.807, 2.05) is 0 Å². The third kappa shape index (κ3) is 4.64. The third-order valence-corrected chi connectivity index (χ3v) is 5.02. The van der Waals surface area contributed by atoms with Crippen LogP contribution in [0, 0.1) is 0 Å². The number of hydrogen-bond donors (Lipinski definition) is 1. The molecule has 2 aromatic carbocycles. The Hall–Kier alpha value is -2.57. The van der Waals surface area contributed by atoms with E-state index in [-0.39, 0.29) is 25.3 Å². The van der Waals surface area contributed by atoms with Gasteiger partial charge in [0.25, 0.3) is 0 Å². The van der Waals surface area contributed by atoms with Crippen LogP contribution >= 0.6 is 23.2 Å². The van der Waals surface area contributed by atoms with Gasteiger partial charge in [-0.25, -0.2) is 9.59 Å². The van der Waals surface area contributed by atoms with Gasteiger partial charge < -0.3 is 9.47 Å². The van der Waals surface area contributed by atoms with Crippen molar-refractivity contribution in [3.8, 4) is 0 Å². The Kier molecular flexibility index (Phi) is 6.21. The highest BCUT2D eigenvalue weighted by Crippen LogP contribution is 2.22. The second kappa shape index (κ2) is 8.63. The number of nitrogens with one attached hydrogen (secondary N) is 1. The Balaban J connectivity index is 1.53. The second-order valence-corrected chi connectivity index (χ2v) is 7.33. The second-order valence-electron chi connectivity index (χ2n) is 6.51. The van der Waals surface area contributed by atoms with Crippen molar-refractivity contribution in [2.24, 2.45) is 5.10 Å². The van der Waals surface area contributed by atoms with Crippen molar-refractivity contribution in [3.63, 3.8) is 0 Å². The average molecular weight is 421 g/mol. The molecule has 146 valence electrons. The van der Waals surface area contributed by atoms with Crippen molar-refractivity contribution in [1.82, 2.24) is 5.43 Å². The van der Waals surface area contributed by atoms with Crippen LogP contribution in [0.1, 0.15) is 24.5 Å². The summed E-state index contributed by atoms with van der Waals surface area (Å²) in [5, 5.41) is 4.97. The maximum atomic E-state index is 12.5. The van der Waals surface area contributed by atoms with Crippen LogP contribution < -0.4 is 5.43 Å². The molecule has 0 saturated carbocycles. The molecule has 1 unspecified atom stereocenters. The molecule has 1 heterocycles. The van der Waals surface area contributed by atoms with Crippen LogP contribution in [0.3, 0.4) is 0 Å². The minimum absolute atomic E-state index is 0.0190. The standard InChI is InChI=1S/C20H18Cl2N2O4/c1-20(19(26)28-12-14-7-3-5-9-16(14)22)10-17(23-24-20)18(25)27-11-13-6-2-4-8-15(13)21/h2-9,24H,10-12H2,1H3. The highest BCUT2D eigenvalue weighted by molar-refractivity contribution is 6.37. The first kappa shape index (κ1) is 20.2. The Morgan fingerprint density at radius 1 is 1.00 bits per heavy atom. The van der Waals surface area contributed by atoms with E-state index in [0.29, 0.717) is 21.2 Å².